The maximum atomic E-state index is 10.8. The molecular formula is C11H16N2O2S. The summed E-state index contributed by atoms with van der Waals surface area (Å²) in [4.78, 5) is 13.5. The molecule has 1 heterocycles. The van der Waals surface area contributed by atoms with Crippen LogP contribution in [0.5, 0.6) is 0 Å². The van der Waals surface area contributed by atoms with E-state index in [9.17, 15) is 10.0 Å². The Morgan fingerprint density at radius 3 is 2.88 bits per heavy atom. The van der Waals surface area contributed by atoms with Crippen molar-refractivity contribution >= 4 is 17.4 Å². The predicted molar refractivity (Wildman–Crippen MR) is 62.6 cm³/mol. The van der Waals surface area contributed by atoms with Crippen LogP contribution in [0.3, 0.4) is 0 Å². The summed E-state index contributed by atoms with van der Waals surface area (Å²) in [6.07, 6.45) is 1.02. The molecule has 2 amide bonds. The first-order valence-electron chi connectivity index (χ1n) is 5.34. The second-order valence-electron chi connectivity index (χ2n) is 4.38. The Kier molecular flexibility index (Phi) is 2.90. The van der Waals surface area contributed by atoms with E-state index in [2.05, 4.69) is 19.1 Å². The van der Waals surface area contributed by atoms with Crippen LogP contribution in [0.1, 0.15) is 29.0 Å². The number of rotatable bonds is 3. The average Bonchev–Trinajstić information content (AvgIpc) is 2.92. The van der Waals surface area contributed by atoms with Gasteiger partial charge in [-0.1, -0.05) is 0 Å². The number of nitrogens with two attached hydrogens (primary N) is 1. The Balaban J connectivity index is 1.98. The standard InChI is InChI=1S/C11H16N2O2S/c1-6-3-4-10(16-6)9-5-8(9)7(2)13(15)11(12)14/h3-4,7-9,15H,5H2,1-2H3,(H2,12,14). The van der Waals surface area contributed by atoms with Crippen LogP contribution in [-0.4, -0.2) is 22.3 Å². The number of amides is 2. The van der Waals surface area contributed by atoms with Gasteiger partial charge in [-0.05, 0) is 44.2 Å². The summed E-state index contributed by atoms with van der Waals surface area (Å²) in [6.45, 7) is 3.91. The molecule has 0 spiro atoms. The topological polar surface area (TPSA) is 66.6 Å². The third kappa shape index (κ3) is 2.05. The molecule has 1 aliphatic rings. The number of carbonyl (C=O) groups is 1. The Morgan fingerprint density at radius 2 is 2.38 bits per heavy atom. The monoisotopic (exact) mass is 240 g/mol. The highest BCUT2D eigenvalue weighted by atomic mass is 32.1. The number of thiophene rings is 1. The second-order valence-corrected chi connectivity index (χ2v) is 5.70. The van der Waals surface area contributed by atoms with Crippen LogP contribution in [0.15, 0.2) is 12.1 Å². The molecule has 1 saturated carbocycles. The van der Waals surface area contributed by atoms with Crippen LogP contribution in [0.4, 0.5) is 4.79 Å². The molecule has 2 rings (SSSR count). The molecule has 0 aromatic carbocycles. The normalized spacial score (nSPS) is 25.2. The first-order chi connectivity index (χ1) is 7.50. The highest BCUT2D eigenvalue weighted by Gasteiger charge is 2.45. The van der Waals surface area contributed by atoms with Gasteiger partial charge in [0.1, 0.15) is 0 Å². The van der Waals surface area contributed by atoms with E-state index in [-0.39, 0.29) is 6.04 Å². The fraction of sp³-hybridized carbons (Fsp3) is 0.545. The van der Waals surface area contributed by atoms with Crippen molar-refractivity contribution in [2.45, 2.75) is 32.2 Å². The van der Waals surface area contributed by atoms with E-state index in [1.54, 1.807) is 11.3 Å². The van der Waals surface area contributed by atoms with Gasteiger partial charge < -0.3 is 5.73 Å². The first-order valence-corrected chi connectivity index (χ1v) is 6.16. The minimum atomic E-state index is -0.777. The summed E-state index contributed by atoms with van der Waals surface area (Å²) < 4.78 is 0. The number of hydrogen-bond acceptors (Lipinski definition) is 3. The van der Waals surface area contributed by atoms with Crippen molar-refractivity contribution in [2.75, 3.05) is 0 Å². The minimum absolute atomic E-state index is 0.204. The Morgan fingerprint density at radius 1 is 1.69 bits per heavy atom. The molecule has 5 heteroatoms. The molecule has 1 aromatic heterocycles. The molecule has 16 heavy (non-hydrogen) atoms. The molecule has 3 unspecified atom stereocenters. The number of hydroxylamine groups is 2. The molecule has 1 aromatic rings. The zero-order valence-electron chi connectivity index (χ0n) is 9.38. The quantitative estimate of drug-likeness (QED) is 0.629. The molecule has 3 N–H and O–H groups in total. The lowest BCUT2D eigenvalue weighted by Crippen LogP contribution is -2.40. The highest BCUT2D eigenvalue weighted by Crippen LogP contribution is 2.52. The van der Waals surface area contributed by atoms with Gasteiger partial charge in [-0.15, -0.1) is 11.3 Å². The maximum Gasteiger partial charge on any atom is 0.338 e. The molecule has 0 bridgehead atoms. The average molecular weight is 240 g/mol. The lowest BCUT2D eigenvalue weighted by molar-refractivity contribution is -0.0759. The van der Waals surface area contributed by atoms with Crippen molar-refractivity contribution in [1.29, 1.82) is 0 Å². The Labute approximate surface area is 98.6 Å². The summed E-state index contributed by atoms with van der Waals surface area (Å²) in [5.41, 5.74) is 5.03. The van der Waals surface area contributed by atoms with Gasteiger partial charge in [0.15, 0.2) is 0 Å². The lowest BCUT2D eigenvalue weighted by Gasteiger charge is -2.20. The van der Waals surface area contributed by atoms with Crippen molar-refractivity contribution in [2.24, 2.45) is 11.7 Å². The van der Waals surface area contributed by atoms with E-state index in [4.69, 9.17) is 5.73 Å². The third-order valence-electron chi connectivity index (χ3n) is 3.20. The van der Waals surface area contributed by atoms with Gasteiger partial charge in [-0.25, -0.2) is 9.86 Å². The van der Waals surface area contributed by atoms with Crippen molar-refractivity contribution in [3.63, 3.8) is 0 Å². The number of carbonyl (C=O) groups excluding carboxylic acids is 1. The van der Waals surface area contributed by atoms with E-state index in [1.165, 1.54) is 9.75 Å². The van der Waals surface area contributed by atoms with Crippen LogP contribution in [0, 0.1) is 12.8 Å². The van der Waals surface area contributed by atoms with Crippen LogP contribution in [0.2, 0.25) is 0 Å². The number of aryl methyl sites for hydroxylation is 1. The SMILES string of the molecule is Cc1ccc(C2CC2C(C)N(O)C(N)=O)s1. The largest absolute Gasteiger partial charge is 0.350 e. The number of primary amides is 1. The molecule has 1 fully saturated rings. The predicted octanol–water partition coefficient (Wildman–Crippen LogP) is 2.32. The van der Waals surface area contributed by atoms with Crippen molar-refractivity contribution < 1.29 is 10.0 Å². The summed E-state index contributed by atoms with van der Waals surface area (Å²) in [6, 6.07) is 3.25. The first kappa shape index (κ1) is 11.4. The Hall–Kier alpha value is -1.07. The molecular weight excluding hydrogens is 224 g/mol. The molecule has 88 valence electrons. The van der Waals surface area contributed by atoms with Gasteiger partial charge in [0.25, 0.3) is 0 Å². The summed E-state index contributed by atoms with van der Waals surface area (Å²) >= 11 is 1.78. The second kappa shape index (κ2) is 4.07. The number of nitrogens with zero attached hydrogens (tertiary/aromatic N) is 1. The fourth-order valence-corrected chi connectivity index (χ4v) is 3.18. The van der Waals surface area contributed by atoms with Crippen molar-refractivity contribution in [3.05, 3.63) is 21.9 Å². The molecule has 0 saturated heterocycles. The van der Waals surface area contributed by atoms with Crippen LogP contribution < -0.4 is 5.73 Å². The van der Waals surface area contributed by atoms with Gasteiger partial charge in [0.05, 0.1) is 6.04 Å². The van der Waals surface area contributed by atoms with Gasteiger partial charge in [-0.3, -0.25) is 5.21 Å². The van der Waals surface area contributed by atoms with Gasteiger partial charge >= 0.3 is 6.03 Å². The summed E-state index contributed by atoms with van der Waals surface area (Å²) in [5, 5.41) is 10.1. The van der Waals surface area contributed by atoms with Crippen LogP contribution >= 0.6 is 11.3 Å². The van der Waals surface area contributed by atoms with E-state index in [0.717, 1.165) is 6.42 Å². The molecule has 0 radical (unpaired) electrons. The lowest BCUT2D eigenvalue weighted by atomic mass is 10.1. The maximum absolute atomic E-state index is 10.8. The smallest absolute Gasteiger partial charge is 0.338 e. The van der Waals surface area contributed by atoms with E-state index < -0.39 is 6.03 Å². The van der Waals surface area contributed by atoms with E-state index in [1.807, 2.05) is 6.92 Å². The molecule has 1 aliphatic carbocycles. The van der Waals surface area contributed by atoms with E-state index >= 15 is 0 Å². The summed E-state index contributed by atoms with van der Waals surface area (Å²) in [7, 11) is 0. The van der Waals surface area contributed by atoms with Gasteiger partial charge in [0.2, 0.25) is 0 Å². The summed E-state index contributed by atoms with van der Waals surface area (Å²) in [5.74, 6) is 0.804. The number of urea groups is 1. The van der Waals surface area contributed by atoms with Crippen molar-refractivity contribution in [1.82, 2.24) is 5.06 Å². The molecule has 3 atom stereocenters. The zero-order valence-corrected chi connectivity index (χ0v) is 10.2. The van der Waals surface area contributed by atoms with Crippen LogP contribution in [0.25, 0.3) is 0 Å². The third-order valence-corrected chi connectivity index (χ3v) is 4.33. The molecule has 4 nitrogen and oxygen atoms in total. The number of hydrogen-bond donors (Lipinski definition) is 2. The van der Waals surface area contributed by atoms with Gasteiger partial charge in [-0.2, -0.15) is 0 Å². The van der Waals surface area contributed by atoms with Gasteiger partial charge in [0, 0.05) is 9.75 Å². The van der Waals surface area contributed by atoms with Crippen LogP contribution in [-0.2, 0) is 0 Å². The minimum Gasteiger partial charge on any atom is -0.350 e. The highest BCUT2D eigenvalue weighted by molar-refractivity contribution is 7.12. The fourth-order valence-electron chi connectivity index (χ4n) is 2.11. The van der Waals surface area contributed by atoms with E-state index in [0.29, 0.717) is 16.9 Å². The Bertz CT molecular complexity index is 404. The zero-order chi connectivity index (χ0) is 11.9. The molecule has 0 aliphatic heterocycles. The van der Waals surface area contributed by atoms with Crippen molar-refractivity contribution in [3.8, 4) is 0 Å².